The van der Waals surface area contributed by atoms with E-state index in [1.54, 1.807) is 30.5 Å². The second-order valence-electron chi connectivity index (χ2n) is 10.0. The van der Waals surface area contributed by atoms with Crippen molar-refractivity contribution in [1.82, 2.24) is 20.1 Å². The molecule has 4 rings (SSSR count). The molecule has 2 saturated heterocycles. The molecule has 3 heterocycles. The number of likely N-dealkylation sites (tertiary alicyclic amines) is 2. The number of hydrogen-bond acceptors (Lipinski definition) is 6. The van der Waals surface area contributed by atoms with Crippen LogP contribution in [0.15, 0.2) is 53.6 Å². The Bertz CT molecular complexity index is 1160. The van der Waals surface area contributed by atoms with Crippen LogP contribution in [0.1, 0.15) is 56.3 Å². The van der Waals surface area contributed by atoms with Crippen molar-refractivity contribution in [3.63, 3.8) is 0 Å². The molecule has 1 unspecified atom stereocenters. The van der Waals surface area contributed by atoms with Gasteiger partial charge in [-0.25, -0.2) is 8.42 Å². The summed E-state index contributed by atoms with van der Waals surface area (Å²) < 4.78 is 23.4. The van der Waals surface area contributed by atoms with E-state index >= 15 is 0 Å². The highest BCUT2D eigenvalue weighted by Crippen LogP contribution is 2.42. The molecule has 194 valence electrons. The van der Waals surface area contributed by atoms with Gasteiger partial charge in [0.1, 0.15) is 0 Å². The Morgan fingerprint density at radius 3 is 2.39 bits per heavy atom. The van der Waals surface area contributed by atoms with Crippen molar-refractivity contribution in [2.75, 3.05) is 32.4 Å². The number of carbonyl (C=O) groups is 2. The van der Waals surface area contributed by atoms with Gasteiger partial charge in [-0.2, -0.15) is 0 Å². The smallest absolute Gasteiger partial charge is 0.229 e. The van der Waals surface area contributed by atoms with Crippen molar-refractivity contribution >= 4 is 21.7 Å². The van der Waals surface area contributed by atoms with Gasteiger partial charge in [0, 0.05) is 38.5 Å². The lowest BCUT2D eigenvalue weighted by atomic mass is 9.77. The fourth-order valence-electron chi connectivity index (χ4n) is 5.26. The second-order valence-corrected chi connectivity index (χ2v) is 12.0. The number of amides is 2. The van der Waals surface area contributed by atoms with Crippen molar-refractivity contribution in [3.05, 3.63) is 59.9 Å². The molecule has 1 aromatic heterocycles. The normalized spacial score (nSPS) is 18.9. The molecule has 2 aromatic rings. The number of sulfone groups is 1. The number of rotatable bonds is 9. The Hall–Kier alpha value is -2.78. The first-order chi connectivity index (χ1) is 17.2. The molecule has 1 spiro atoms. The third-order valence-electron chi connectivity index (χ3n) is 7.57. The summed E-state index contributed by atoms with van der Waals surface area (Å²) in [6, 6.07) is 12.5. The summed E-state index contributed by atoms with van der Waals surface area (Å²) in [7, 11) is -3.23. The lowest BCUT2D eigenvalue weighted by molar-refractivity contribution is -0.139. The molecular formula is C27H36N4O4S. The molecule has 1 atom stereocenters. The number of carbonyl (C=O) groups excluding carboxylic acids is 2. The summed E-state index contributed by atoms with van der Waals surface area (Å²) in [5.74, 6) is 0.238. The van der Waals surface area contributed by atoms with E-state index < -0.39 is 9.84 Å². The Morgan fingerprint density at radius 1 is 1.08 bits per heavy atom. The van der Waals surface area contributed by atoms with E-state index in [0.29, 0.717) is 17.9 Å². The summed E-state index contributed by atoms with van der Waals surface area (Å²) in [6.45, 7) is 5.65. The van der Waals surface area contributed by atoms with Gasteiger partial charge in [0.05, 0.1) is 22.0 Å². The Balaban J connectivity index is 1.30. The third-order valence-corrected chi connectivity index (χ3v) is 8.70. The summed E-state index contributed by atoms with van der Waals surface area (Å²) in [5.41, 5.74) is 1.53. The zero-order valence-corrected chi connectivity index (χ0v) is 22.0. The molecule has 36 heavy (non-hydrogen) atoms. The average molecular weight is 513 g/mol. The third kappa shape index (κ3) is 6.13. The predicted octanol–water partition coefficient (Wildman–Crippen LogP) is 2.96. The van der Waals surface area contributed by atoms with Crippen LogP contribution in [0.4, 0.5) is 0 Å². The molecule has 0 radical (unpaired) electrons. The molecule has 0 bridgehead atoms. The standard InChI is InChI=1S/C27H36N4O4S/c1-3-25(32)29-24(23-6-4-5-15-28-23)11-16-30-17-12-27(13-18-30)14-19-31(26(27)33)20-21-7-9-22(10-8-21)36(2,34)35/h4-10,15,24H,3,11-14,16-20H2,1-2H3,(H,29,32). The van der Waals surface area contributed by atoms with Gasteiger partial charge in [-0.1, -0.05) is 25.1 Å². The molecule has 9 heteroatoms. The first-order valence-corrected chi connectivity index (χ1v) is 14.6. The van der Waals surface area contributed by atoms with Crippen LogP contribution in [0.25, 0.3) is 0 Å². The number of pyridine rings is 1. The minimum absolute atomic E-state index is 0.0193. The summed E-state index contributed by atoms with van der Waals surface area (Å²) in [4.78, 5) is 34.5. The van der Waals surface area contributed by atoms with Gasteiger partial charge in [0.2, 0.25) is 11.8 Å². The van der Waals surface area contributed by atoms with Crippen molar-refractivity contribution in [2.24, 2.45) is 5.41 Å². The maximum atomic E-state index is 13.4. The number of nitrogens with one attached hydrogen (secondary N) is 1. The van der Waals surface area contributed by atoms with Crippen LogP contribution in [0.3, 0.4) is 0 Å². The van der Waals surface area contributed by atoms with Gasteiger partial charge in [0.15, 0.2) is 9.84 Å². The molecule has 2 fully saturated rings. The predicted molar refractivity (Wildman–Crippen MR) is 138 cm³/mol. The van der Waals surface area contributed by atoms with E-state index in [4.69, 9.17) is 0 Å². The monoisotopic (exact) mass is 512 g/mol. The van der Waals surface area contributed by atoms with Crippen LogP contribution in [-0.4, -0.2) is 67.5 Å². The first kappa shape index (κ1) is 26.3. The zero-order valence-electron chi connectivity index (χ0n) is 21.2. The van der Waals surface area contributed by atoms with Crippen LogP contribution >= 0.6 is 0 Å². The minimum atomic E-state index is -3.23. The fraction of sp³-hybridized carbons (Fsp3) is 0.519. The fourth-order valence-corrected chi connectivity index (χ4v) is 5.89. The lowest BCUT2D eigenvalue weighted by Gasteiger charge is -2.38. The van der Waals surface area contributed by atoms with Crippen molar-refractivity contribution in [1.29, 1.82) is 0 Å². The van der Waals surface area contributed by atoms with E-state index in [2.05, 4.69) is 15.2 Å². The second kappa shape index (κ2) is 11.1. The highest BCUT2D eigenvalue weighted by atomic mass is 32.2. The highest BCUT2D eigenvalue weighted by molar-refractivity contribution is 7.90. The molecule has 2 amide bonds. The molecular weight excluding hydrogens is 476 g/mol. The number of aromatic nitrogens is 1. The van der Waals surface area contributed by atoms with Crippen LogP contribution in [0.2, 0.25) is 0 Å². The van der Waals surface area contributed by atoms with Crippen molar-refractivity contribution in [3.8, 4) is 0 Å². The molecule has 1 aromatic carbocycles. The van der Waals surface area contributed by atoms with Gasteiger partial charge >= 0.3 is 0 Å². The topological polar surface area (TPSA) is 99.7 Å². The zero-order chi connectivity index (χ0) is 25.8. The summed E-state index contributed by atoms with van der Waals surface area (Å²) in [5, 5.41) is 3.10. The first-order valence-electron chi connectivity index (χ1n) is 12.7. The average Bonchev–Trinajstić information content (AvgIpc) is 3.17. The quantitative estimate of drug-likeness (QED) is 0.555. The number of piperidine rings is 1. The lowest BCUT2D eigenvalue weighted by Crippen LogP contribution is -2.45. The Labute approximate surface area is 214 Å². The van der Waals surface area contributed by atoms with Crippen LogP contribution in [-0.2, 0) is 26.0 Å². The van der Waals surface area contributed by atoms with E-state index in [9.17, 15) is 18.0 Å². The van der Waals surface area contributed by atoms with Gasteiger partial charge in [-0.3, -0.25) is 14.6 Å². The van der Waals surface area contributed by atoms with Crippen molar-refractivity contribution in [2.45, 2.75) is 56.5 Å². The summed E-state index contributed by atoms with van der Waals surface area (Å²) >= 11 is 0. The Morgan fingerprint density at radius 2 is 1.78 bits per heavy atom. The van der Waals surface area contributed by atoms with Gasteiger partial charge in [-0.15, -0.1) is 0 Å². The van der Waals surface area contributed by atoms with E-state index in [1.807, 2.05) is 30.0 Å². The number of hydrogen-bond donors (Lipinski definition) is 1. The summed E-state index contributed by atoms with van der Waals surface area (Å²) in [6.07, 6.45) is 6.71. The SMILES string of the molecule is CCC(=O)NC(CCN1CCC2(CC1)CCN(Cc1ccc(S(C)(=O)=O)cc1)C2=O)c1ccccn1. The minimum Gasteiger partial charge on any atom is -0.348 e. The van der Waals surface area contributed by atoms with Crippen molar-refractivity contribution < 1.29 is 18.0 Å². The molecule has 1 N–H and O–H groups in total. The maximum absolute atomic E-state index is 13.4. The molecule has 2 aliphatic rings. The molecule has 2 aliphatic heterocycles. The van der Waals surface area contributed by atoms with E-state index in [1.165, 1.54) is 6.26 Å². The van der Waals surface area contributed by atoms with Crippen LogP contribution in [0.5, 0.6) is 0 Å². The largest absolute Gasteiger partial charge is 0.348 e. The van der Waals surface area contributed by atoms with Gasteiger partial charge < -0.3 is 15.1 Å². The van der Waals surface area contributed by atoms with E-state index in [0.717, 1.165) is 63.1 Å². The van der Waals surface area contributed by atoms with Gasteiger partial charge in [0.25, 0.3) is 0 Å². The van der Waals surface area contributed by atoms with E-state index in [-0.39, 0.29) is 23.3 Å². The highest BCUT2D eigenvalue weighted by Gasteiger charge is 2.47. The van der Waals surface area contributed by atoms with Gasteiger partial charge in [-0.05, 0) is 68.6 Å². The molecule has 0 aliphatic carbocycles. The maximum Gasteiger partial charge on any atom is 0.229 e. The number of benzene rings is 1. The number of nitrogens with zero attached hydrogens (tertiary/aromatic N) is 3. The Kier molecular flexibility index (Phi) is 8.10. The van der Waals surface area contributed by atoms with Crippen LogP contribution in [0, 0.1) is 5.41 Å². The van der Waals surface area contributed by atoms with Crippen LogP contribution < -0.4 is 5.32 Å². The molecule has 8 nitrogen and oxygen atoms in total. The molecule has 0 saturated carbocycles.